The molecule has 9 nitrogen and oxygen atoms in total. The van der Waals surface area contributed by atoms with E-state index in [1.807, 2.05) is 6.20 Å². The summed E-state index contributed by atoms with van der Waals surface area (Å²) >= 11 is 0. The summed E-state index contributed by atoms with van der Waals surface area (Å²) in [5.74, 6) is 0. The molecule has 1 aliphatic heterocycles. The lowest BCUT2D eigenvalue weighted by molar-refractivity contribution is -0.0302. The lowest BCUT2D eigenvalue weighted by atomic mass is 10.1. The number of aryl methyl sites for hydroxylation is 2. The van der Waals surface area contributed by atoms with Crippen LogP contribution in [-0.4, -0.2) is 41.9 Å². The van der Waals surface area contributed by atoms with Crippen molar-refractivity contribution in [1.82, 2.24) is 24.5 Å². The molecule has 148 valence electrons. The van der Waals surface area contributed by atoms with E-state index in [0.29, 0.717) is 12.1 Å². The Hall–Kier alpha value is -2.26. The first-order valence-corrected chi connectivity index (χ1v) is 9.52. The van der Waals surface area contributed by atoms with E-state index in [1.54, 1.807) is 11.6 Å². The number of aromatic amines is 1. The van der Waals surface area contributed by atoms with Gasteiger partial charge in [-0.15, -0.1) is 5.10 Å². The first kappa shape index (κ1) is 19.5. The normalized spacial score (nSPS) is 22.4. The van der Waals surface area contributed by atoms with Gasteiger partial charge in [-0.1, -0.05) is 31.4 Å². The largest absolute Gasteiger partial charge is 0.390 e. The predicted molar refractivity (Wildman–Crippen MR) is 98.5 cm³/mol. The van der Waals surface area contributed by atoms with Crippen molar-refractivity contribution in [3.63, 3.8) is 0 Å². The molecule has 2 N–H and O–H groups in total. The van der Waals surface area contributed by atoms with Gasteiger partial charge in [0.25, 0.3) is 5.56 Å². The monoisotopic (exact) mass is 377 g/mol. The molecule has 0 amide bonds. The molecular formula is C18H27N5O4. The SMILES string of the molecule is CCCCCCc1cn(C[C@H]2O[C@@H](n3cc(C)c(=O)[nH]c3=O)CC2O)nn1. The molecule has 2 aromatic heterocycles. The average molecular weight is 377 g/mol. The standard InChI is InChI=1S/C18H27N5O4/c1-3-4-5-6-7-13-10-22(21-20-13)11-15-14(24)8-16(27-15)23-9-12(2)17(25)19-18(23)26/h9-10,14-16,24H,3-8,11H2,1-2H3,(H,19,25,26)/t14?,15-,16-/m1/s1. The van der Waals surface area contributed by atoms with Crippen molar-refractivity contribution >= 4 is 0 Å². The Kier molecular flexibility index (Phi) is 6.22. The predicted octanol–water partition coefficient (Wildman–Crippen LogP) is 0.908. The van der Waals surface area contributed by atoms with E-state index in [4.69, 9.17) is 4.74 Å². The molecule has 9 heteroatoms. The molecule has 0 aliphatic carbocycles. The molecule has 1 saturated heterocycles. The summed E-state index contributed by atoms with van der Waals surface area (Å²) in [6.07, 6.45) is 7.35. The molecule has 1 aliphatic rings. The highest BCUT2D eigenvalue weighted by molar-refractivity contribution is 5.02. The van der Waals surface area contributed by atoms with Crippen molar-refractivity contribution in [3.05, 3.63) is 44.5 Å². The van der Waals surface area contributed by atoms with E-state index >= 15 is 0 Å². The van der Waals surface area contributed by atoms with Gasteiger partial charge >= 0.3 is 5.69 Å². The van der Waals surface area contributed by atoms with E-state index in [0.717, 1.165) is 18.5 Å². The van der Waals surface area contributed by atoms with Crippen LogP contribution in [0.5, 0.6) is 0 Å². The second-order valence-electron chi connectivity index (χ2n) is 7.15. The molecule has 1 fully saturated rings. The van der Waals surface area contributed by atoms with Gasteiger partial charge in [0.2, 0.25) is 0 Å². The smallest absolute Gasteiger partial charge is 0.330 e. The number of hydrogen-bond acceptors (Lipinski definition) is 6. The Bertz CT molecular complexity index is 871. The van der Waals surface area contributed by atoms with E-state index in [-0.39, 0.29) is 6.42 Å². The van der Waals surface area contributed by atoms with Crippen LogP contribution in [0.3, 0.4) is 0 Å². The minimum absolute atomic E-state index is 0.272. The van der Waals surface area contributed by atoms with Crippen LogP contribution in [0.4, 0.5) is 0 Å². The molecule has 0 radical (unpaired) electrons. The zero-order valence-electron chi connectivity index (χ0n) is 15.8. The molecule has 2 aromatic rings. The molecule has 3 heterocycles. The van der Waals surface area contributed by atoms with Gasteiger partial charge in [0.1, 0.15) is 12.3 Å². The summed E-state index contributed by atoms with van der Waals surface area (Å²) in [7, 11) is 0. The van der Waals surface area contributed by atoms with Crippen molar-refractivity contribution in [2.75, 3.05) is 0 Å². The van der Waals surface area contributed by atoms with Gasteiger partial charge in [-0.25, -0.2) is 9.48 Å². The van der Waals surface area contributed by atoms with Crippen molar-refractivity contribution in [1.29, 1.82) is 0 Å². The van der Waals surface area contributed by atoms with Crippen molar-refractivity contribution in [2.24, 2.45) is 0 Å². The molecule has 27 heavy (non-hydrogen) atoms. The Labute approximate surface area is 157 Å². The fraction of sp³-hybridized carbons (Fsp3) is 0.667. The van der Waals surface area contributed by atoms with Gasteiger partial charge in [-0.3, -0.25) is 14.3 Å². The molecular weight excluding hydrogens is 350 g/mol. The van der Waals surface area contributed by atoms with Gasteiger partial charge in [-0.2, -0.15) is 0 Å². The van der Waals surface area contributed by atoms with Crippen molar-refractivity contribution in [3.8, 4) is 0 Å². The van der Waals surface area contributed by atoms with Crippen LogP contribution >= 0.6 is 0 Å². The molecule has 0 spiro atoms. The highest BCUT2D eigenvalue weighted by Gasteiger charge is 2.36. The third-order valence-corrected chi connectivity index (χ3v) is 4.90. The number of nitrogens with one attached hydrogen (secondary N) is 1. The second-order valence-corrected chi connectivity index (χ2v) is 7.15. The lowest BCUT2D eigenvalue weighted by Crippen LogP contribution is -2.33. The number of unbranched alkanes of at least 4 members (excludes halogenated alkanes) is 3. The minimum atomic E-state index is -0.730. The number of aliphatic hydroxyl groups excluding tert-OH is 1. The van der Waals surface area contributed by atoms with E-state index < -0.39 is 29.7 Å². The van der Waals surface area contributed by atoms with Crippen LogP contribution in [0, 0.1) is 6.92 Å². The number of H-pyrrole nitrogens is 1. The quantitative estimate of drug-likeness (QED) is 0.661. The summed E-state index contributed by atoms with van der Waals surface area (Å²) in [6, 6.07) is 0. The van der Waals surface area contributed by atoms with Gasteiger partial charge < -0.3 is 9.84 Å². The van der Waals surface area contributed by atoms with E-state index in [2.05, 4.69) is 22.2 Å². The Morgan fingerprint density at radius 1 is 1.30 bits per heavy atom. The van der Waals surface area contributed by atoms with Crippen LogP contribution in [0.2, 0.25) is 0 Å². The Morgan fingerprint density at radius 3 is 2.89 bits per heavy atom. The van der Waals surface area contributed by atoms with Crippen LogP contribution in [-0.2, 0) is 17.7 Å². The molecule has 1 unspecified atom stereocenters. The van der Waals surface area contributed by atoms with Crippen LogP contribution in [0.15, 0.2) is 22.0 Å². The number of rotatable bonds is 8. The maximum atomic E-state index is 12.0. The second kappa shape index (κ2) is 8.62. The van der Waals surface area contributed by atoms with Gasteiger partial charge in [0.05, 0.1) is 18.3 Å². The van der Waals surface area contributed by atoms with E-state index in [9.17, 15) is 14.7 Å². The molecule has 0 aromatic carbocycles. The zero-order valence-corrected chi connectivity index (χ0v) is 15.8. The van der Waals surface area contributed by atoms with Crippen LogP contribution < -0.4 is 11.2 Å². The van der Waals surface area contributed by atoms with Gasteiger partial charge in [0.15, 0.2) is 0 Å². The third-order valence-electron chi connectivity index (χ3n) is 4.90. The molecule has 0 saturated carbocycles. The molecule has 0 bridgehead atoms. The van der Waals surface area contributed by atoms with Crippen LogP contribution in [0.25, 0.3) is 0 Å². The maximum absolute atomic E-state index is 12.0. The van der Waals surface area contributed by atoms with Gasteiger partial charge in [-0.05, 0) is 19.8 Å². The summed E-state index contributed by atoms with van der Waals surface area (Å²) in [5.41, 5.74) is 0.391. The fourth-order valence-corrected chi connectivity index (χ4v) is 3.31. The van der Waals surface area contributed by atoms with Crippen molar-refractivity contribution in [2.45, 2.75) is 77.4 Å². The summed E-state index contributed by atoms with van der Waals surface area (Å²) in [5, 5.41) is 18.6. The zero-order chi connectivity index (χ0) is 19.4. The Morgan fingerprint density at radius 2 is 2.11 bits per heavy atom. The third kappa shape index (κ3) is 4.72. The van der Waals surface area contributed by atoms with Gasteiger partial charge in [0, 0.05) is 24.4 Å². The average Bonchev–Trinajstić information content (AvgIpc) is 3.22. The van der Waals surface area contributed by atoms with E-state index in [1.165, 1.54) is 30.0 Å². The number of nitrogens with zero attached hydrogens (tertiary/aromatic N) is 4. The molecule has 3 rings (SSSR count). The summed E-state index contributed by atoms with van der Waals surface area (Å²) in [4.78, 5) is 25.8. The first-order chi connectivity index (χ1) is 13.0. The summed E-state index contributed by atoms with van der Waals surface area (Å²) < 4.78 is 8.86. The lowest BCUT2D eigenvalue weighted by Gasteiger charge is -2.16. The topological polar surface area (TPSA) is 115 Å². The Balaban J connectivity index is 1.61. The van der Waals surface area contributed by atoms with Crippen molar-refractivity contribution < 1.29 is 9.84 Å². The number of ether oxygens (including phenoxy) is 1. The molecule has 3 atom stereocenters. The maximum Gasteiger partial charge on any atom is 0.330 e. The highest BCUT2D eigenvalue weighted by Crippen LogP contribution is 2.28. The first-order valence-electron chi connectivity index (χ1n) is 9.52. The number of hydrogen-bond donors (Lipinski definition) is 2. The van der Waals surface area contributed by atoms with Crippen LogP contribution in [0.1, 0.15) is 56.5 Å². The fourth-order valence-electron chi connectivity index (χ4n) is 3.31. The minimum Gasteiger partial charge on any atom is -0.390 e. The summed E-state index contributed by atoms with van der Waals surface area (Å²) in [6.45, 7) is 4.16. The highest BCUT2D eigenvalue weighted by atomic mass is 16.5. The number of aromatic nitrogens is 5. The number of aliphatic hydroxyl groups is 1.